The molecule has 39 heavy (non-hydrogen) atoms. The van der Waals surface area contributed by atoms with Gasteiger partial charge in [0.15, 0.2) is 34.8 Å². The fourth-order valence-electron chi connectivity index (χ4n) is 4.79. The third kappa shape index (κ3) is 5.06. The third-order valence-corrected chi connectivity index (χ3v) is 7.05. The van der Waals surface area contributed by atoms with Crippen LogP contribution in [0.3, 0.4) is 0 Å². The Kier molecular flexibility index (Phi) is 7.26. The minimum atomic E-state index is -1.50. The van der Waals surface area contributed by atoms with E-state index < -0.39 is 70.3 Å². The second kappa shape index (κ2) is 10.5. The lowest BCUT2D eigenvalue weighted by Crippen LogP contribution is -2.15. The van der Waals surface area contributed by atoms with Crippen LogP contribution in [0.4, 0.5) is 26.3 Å². The molecule has 2 aliphatic rings. The molecular formula is C29H22F6O4. The van der Waals surface area contributed by atoms with E-state index in [0.29, 0.717) is 5.57 Å². The summed E-state index contributed by atoms with van der Waals surface area (Å²) in [5, 5.41) is 9.57. The number of rotatable bonds is 6. The molecule has 3 atom stereocenters. The second-order valence-corrected chi connectivity index (χ2v) is 9.53. The van der Waals surface area contributed by atoms with E-state index >= 15 is 4.39 Å². The number of allylic oxidation sites excluding steroid dienone is 2. The zero-order chi connectivity index (χ0) is 28.0. The molecule has 3 unspecified atom stereocenters. The number of hydrogen-bond acceptors (Lipinski definition) is 4. The molecular weight excluding hydrogens is 526 g/mol. The summed E-state index contributed by atoms with van der Waals surface area (Å²) < 4.78 is 97.0. The summed E-state index contributed by atoms with van der Waals surface area (Å²) >= 11 is 0. The molecule has 1 saturated heterocycles. The van der Waals surface area contributed by atoms with Crippen LogP contribution in [0, 0.1) is 34.9 Å². The van der Waals surface area contributed by atoms with Crippen molar-refractivity contribution in [2.24, 2.45) is 0 Å². The Morgan fingerprint density at radius 2 is 1.59 bits per heavy atom. The molecule has 3 aromatic carbocycles. The van der Waals surface area contributed by atoms with Gasteiger partial charge < -0.3 is 14.6 Å². The van der Waals surface area contributed by atoms with Gasteiger partial charge in [-0.1, -0.05) is 24.3 Å². The zero-order valence-electron chi connectivity index (χ0n) is 20.5. The molecule has 0 aromatic heterocycles. The maximum absolute atomic E-state index is 15.0. The van der Waals surface area contributed by atoms with Crippen LogP contribution < -0.4 is 4.74 Å². The largest absolute Gasteiger partial charge is 0.420 e. The number of epoxide rings is 1. The van der Waals surface area contributed by atoms with Crippen LogP contribution in [-0.2, 0) is 4.74 Å². The van der Waals surface area contributed by atoms with Gasteiger partial charge in [-0.25, -0.2) is 26.7 Å². The number of carbonyl (C=O) groups is 1. The van der Waals surface area contributed by atoms with E-state index in [9.17, 15) is 31.9 Å². The molecule has 1 fully saturated rings. The van der Waals surface area contributed by atoms with Gasteiger partial charge in [-0.05, 0) is 61.4 Å². The second-order valence-electron chi connectivity index (χ2n) is 9.53. The molecule has 0 saturated carbocycles. The minimum absolute atomic E-state index is 0.0264. The Morgan fingerprint density at radius 1 is 0.897 bits per heavy atom. The Bertz CT molecular complexity index is 1500. The summed E-state index contributed by atoms with van der Waals surface area (Å²) in [6, 6.07) is 7.07. The van der Waals surface area contributed by atoms with Gasteiger partial charge in [-0.2, -0.15) is 4.39 Å². The molecule has 1 heterocycles. The first-order chi connectivity index (χ1) is 18.6. The van der Waals surface area contributed by atoms with E-state index in [0.717, 1.165) is 12.1 Å². The van der Waals surface area contributed by atoms with Crippen molar-refractivity contribution in [2.75, 3.05) is 6.61 Å². The topological polar surface area (TPSA) is 59.1 Å². The average molecular weight is 548 g/mol. The molecule has 0 bridgehead atoms. The van der Waals surface area contributed by atoms with E-state index in [1.165, 1.54) is 31.2 Å². The van der Waals surface area contributed by atoms with Crippen molar-refractivity contribution >= 4 is 11.5 Å². The number of hydrogen-bond donors (Lipinski definition) is 1. The monoisotopic (exact) mass is 548 g/mol. The number of carbonyl (C=O) groups excluding carboxylic acids is 1. The maximum atomic E-state index is 15.0. The highest BCUT2D eigenvalue weighted by molar-refractivity contribution is 5.91. The lowest BCUT2D eigenvalue weighted by molar-refractivity contribution is 0.0720. The molecule has 1 aliphatic heterocycles. The Morgan fingerprint density at radius 3 is 2.23 bits per heavy atom. The number of aliphatic hydroxyl groups is 1. The third-order valence-electron chi connectivity index (χ3n) is 7.05. The molecule has 204 valence electrons. The van der Waals surface area contributed by atoms with Crippen molar-refractivity contribution in [2.45, 2.75) is 44.3 Å². The van der Waals surface area contributed by atoms with Gasteiger partial charge in [0.1, 0.15) is 6.10 Å². The van der Waals surface area contributed by atoms with Crippen molar-refractivity contribution in [3.63, 3.8) is 0 Å². The molecule has 10 heteroatoms. The molecule has 0 amide bonds. The fraction of sp³-hybridized carbons (Fsp3) is 0.276. The van der Waals surface area contributed by atoms with Crippen molar-refractivity contribution in [3.8, 4) is 5.75 Å². The van der Waals surface area contributed by atoms with Gasteiger partial charge in [0.25, 0.3) is 0 Å². The molecule has 0 spiro atoms. The molecule has 3 aromatic rings. The van der Waals surface area contributed by atoms with Gasteiger partial charge >= 0.3 is 5.97 Å². The van der Waals surface area contributed by atoms with Crippen molar-refractivity contribution in [1.82, 2.24) is 0 Å². The van der Waals surface area contributed by atoms with E-state index in [-0.39, 0.29) is 48.1 Å². The SMILES string of the molecule is CC(O)c1ccc(C2=CCC(c3ccc(C(=O)Oc4ccc(C5CO5)c(F)c4F)c(F)c3F)CC2)c(F)c1F. The van der Waals surface area contributed by atoms with Gasteiger partial charge in [-0.15, -0.1) is 0 Å². The Balaban J connectivity index is 1.33. The summed E-state index contributed by atoms with van der Waals surface area (Å²) in [6.45, 7) is 1.55. The predicted molar refractivity (Wildman–Crippen MR) is 128 cm³/mol. The van der Waals surface area contributed by atoms with E-state index in [2.05, 4.69) is 0 Å². The quantitative estimate of drug-likeness (QED) is 0.153. The molecule has 1 N–H and O–H groups in total. The maximum Gasteiger partial charge on any atom is 0.346 e. The highest BCUT2D eigenvalue weighted by Gasteiger charge is 2.32. The Hall–Kier alpha value is -3.63. The summed E-state index contributed by atoms with van der Waals surface area (Å²) in [5.41, 5.74) is -0.506. The normalized spacial score (nSPS) is 19.4. The number of esters is 1. The van der Waals surface area contributed by atoms with Gasteiger partial charge in [0, 0.05) is 16.7 Å². The highest BCUT2D eigenvalue weighted by Crippen LogP contribution is 2.40. The minimum Gasteiger partial charge on any atom is -0.420 e. The summed E-state index contributed by atoms with van der Waals surface area (Å²) in [5.74, 6) is -10.4. The summed E-state index contributed by atoms with van der Waals surface area (Å²) in [7, 11) is 0. The summed E-state index contributed by atoms with van der Waals surface area (Å²) in [6.07, 6.45) is 0.570. The Labute approximate surface area is 219 Å². The van der Waals surface area contributed by atoms with Crippen molar-refractivity contribution in [1.29, 1.82) is 0 Å². The van der Waals surface area contributed by atoms with Gasteiger partial charge in [0.05, 0.1) is 18.3 Å². The van der Waals surface area contributed by atoms with Crippen LogP contribution in [-0.4, -0.2) is 17.7 Å². The first-order valence-corrected chi connectivity index (χ1v) is 12.2. The van der Waals surface area contributed by atoms with E-state index in [1.807, 2.05) is 0 Å². The van der Waals surface area contributed by atoms with Crippen LogP contribution in [0.15, 0.2) is 42.5 Å². The number of ether oxygens (including phenoxy) is 2. The van der Waals surface area contributed by atoms with Gasteiger partial charge in [0.2, 0.25) is 5.82 Å². The highest BCUT2D eigenvalue weighted by atomic mass is 19.2. The van der Waals surface area contributed by atoms with Crippen LogP contribution in [0.1, 0.15) is 76.9 Å². The number of benzene rings is 3. The number of halogens is 6. The first kappa shape index (κ1) is 27.0. The molecule has 1 aliphatic carbocycles. The van der Waals surface area contributed by atoms with Crippen LogP contribution in [0.5, 0.6) is 5.75 Å². The average Bonchev–Trinajstić information content (AvgIpc) is 3.75. The standard InChI is InChI=1S/C29H22F6O4/c1-13(36)16-6-7-17(24(31)23(16)30)14-2-4-15(5-3-14)18-8-9-20(27(34)25(18)32)29(37)39-21-11-10-19(22-12-38-22)26(33)28(21)35/h2,6-11,13,15,22,36H,3-5,12H2,1H3. The van der Waals surface area contributed by atoms with Crippen LogP contribution in [0.25, 0.3) is 5.57 Å². The fourth-order valence-corrected chi connectivity index (χ4v) is 4.79. The van der Waals surface area contributed by atoms with Crippen LogP contribution >= 0.6 is 0 Å². The van der Waals surface area contributed by atoms with E-state index in [4.69, 9.17) is 9.47 Å². The first-order valence-electron chi connectivity index (χ1n) is 12.2. The molecule has 0 radical (unpaired) electrons. The molecule has 5 rings (SSSR count). The smallest absolute Gasteiger partial charge is 0.346 e. The van der Waals surface area contributed by atoms with Gasteiger partial charge in [-0.3, -0.25) is 0 Å². The lowest BCUT2D eigenvalue weighted by atomic mass is 9.82. The van der Waals surface area contributed by atoms with Crippen LogP contribution in [0.2, 0.25) is 0 Å². The van der Waals surface area contributed by atoms with Crippen molar-refractivity contribution < 1.29 is 45.7 Å². The predicted octanol–water partition coefficient (Wildman–Crippen LogP) is 7.22. The number of aliphatic hydroxyl groups excluding tert-OH is 1. The lowest BCUT2D eigenvalue weighted by Gasteiger charge is -2.24. The van der Waals surface area contributed by atoms with E-state index in [1.54, 1.807) is 6.08 Å². The van der Waals surface area contributed by atoms with Crippen molar-refractivity contribution in [3.05, 3.63) is 105 Å². The zero-order valence-corrected chi connectivity index (χ0v) is 20.5. The summed E-state index contributed by atoms with van der Waals surface area (Å²) in [4.78, 5) is 12.5. The molecule has 4 nitrogen and oxygen atoms in total.